The van der Waals surface area contributed by atoms with Crippen molar-refractivity contribution in [2.75, 3.05) is 19.7 Å². The molecule has 2 N–H and O–H groups in total. The third-order valence-electron chi connectivity index (χ3n) is 5.33. The molecule has 0 saturated carbocycles. The van der Waals surface area contributed by atoms with Gasteiger partial charge in [0.25, 0.3) is 0 Å². The summed E-state index contributed by atoms with van der Waals surface area (Å²) in [5.41, 5.74) is 4.81. The lowest BCUT2D eigenvalue weighted by Gasteiger charge is -2.28. The van der Waals surface area contributed by atoms with E-state index in [0.717, 1.165) is 49.9 Å². The van der Waals surface area contributed by atoms with E-state index in [0.29, 0.717) is 19.0 Å². The maximum atomic E-state index is 5.95. The molecule has 0 amide bonds. The quantitative estimate of drug-likeness (QED) is 0.728. The lowest BCUT2D eigenvalue weighted by atomic mass is 10.0. The molecule has 0 atom stereocenters. The van der Waals surface area contributed by atoms with Crippen LogP contribution in [0.2, 0.25) is 0 Å². The Kier molecular flexibility index (Phi) is 6.24. The highest BCUT2D eigenvalue weighted by atomic mass is 16.7. The Bertz CT molecular complexity index is 855. The van der Waals surface area contributed by atoms with E-state index in [1.54, 1.807) is 0 Å². The summed E-state index contributed by atoms with van der Waals surface area (Å²) in [5.74, 6) is 2.17. The molecule has 0 aliphatic carbocycles. The van der Waals surface area contributed by atoms with Gasteiger partial charge in [-0.25, -0.2) is 15.3 Å². The van der Waals surface area contributed by atoms with Crippen molar-refractivity contribution in [1.82, 2.24) is 25.5 Å². The van der Waals surface area contributed by atoms with E-state index < -0.39 is 5.72 Å². The van der Waals surface area contributed by atoms with Gasteiger partial charge in [-0.2, -0.15) is 5.10 Å². The van der Waals surface area contributed by atoms with Crippen LogP contribution in [0.25, 0.3) is 0 Å². The first-order chi connectivity index (χ1) is 14.5. The molecule has 1 spiro atoms. The van der Waals surface area contributed by atoms with E-state index in [4.69, 9.17) is 14.6 Å². The number of piperidine rings is 1. The molecule has 1 saturated heterocycles. The maximum absolute atomic E-state index is 5.95. The summed E-state index contributed by atoms with van der Waals surface area (Å²) in [5, 5.41) is 7.91. The van der Waals surface area contributed by atoms with Crippen molar-refractivity contribution in [3.8, 4) is 5.75 Å². The third-order valence-corrected chi connectivity index (χ3v) is 5.33. The minimum Gasteiger partial charge on any atom is -0.493 e. The van der Waals surface area contributed by atoms with Crippen LogP contribution in [0.5, 0.6) is 5.75 Å². The highest BCUT2D eigenvalue weighted by molar-refractivity contribution is 5.80. The Hall–Kier alpha value is -2.58. The second kappa shape index (κ2) is 9.06. The zero-order valence-corrected chi connectivity index (χ0v) is 18.1. The molecule has 3 heterocycles. The van der Waals surface area contributed by atoms with E-state index in [2.05, 4.69) is 46.8 Å². The molecule has 4 rings (SSSR count). The second-order valence-electron chi connectivity index (χ2n) is 8.52. The number of guanidine groups is 1. The van der Waals surface area contributed by atoms with E-state index in [1.807, 2.05) is 36.1 Å². The van der Waals surface area contributed by atoms with Crippen molar-refractivity contribution in [1.29, 1.82) is 0 Å². The maximum Gasteiger partial charge on any atom is 0.222 e. The fraction of sp³-hybridized carbons (Fsp3) is 0.545. The summed E-state index contributed by atoms with van der Waals surface area (Å²) in [6.45, 7) is 8.20. The van der Waals surface area contributed by atoms with Crippen LogP contribution >= 0.6 is 0 Å². The fourth-order valence-electron chi connectivity index (χ4n) is 3.67. The number of hydroxylamine groups is 1. The number of benzene rings is 1. The van der Waals surface area contributed by atoms with Crippen LogP contribution in [0, 0.1) is 5.92 Å². The average Bonchev–Trinajstić information content (AvgIpc) is 3.34. The molecule has 8 nitrogen and oxygen atoms in total. The Morgan fingerprint density at radius 3 is 2.60 bits per heavy atom. The molecule has 0 unspecified atom stereocenters. The Morgan fingerprint density at radius 2 is 1.93 bits per heavy atom. The number of rotatable bonds is 7. The number of nitrogens with zero attached hydrogens (tertiary/aromatic N) is 4. The van der Waals surface area contributed by atoms with Gasteiger partial charge in [0.2, 0.25) is 5.96 Å². The molecule has 1 aromatic heterocycles. The van der Waals surface area contributed by atoms with E-state index in [9.17, 15) is 0 Å². The van der Waals surface area contributed by atoms with Gasteiger partial charge >= 0.3 is 0 Å². The van der Waals surface area contributed by atoms with Crippen molar-refractivity contribution < 1.29 is 9.57 Å². The highest BCUT2D eigenvalue weighted by Crippen LogP contribution is 2.28. The molecule has 0 bridgehead atoms. The topological polar surface area (TPSA) is 75.9 Å². The number of ether oxygens (including phenoxy) is 1. The summed E-state index contributed by atoms with van der Waals surface area (Å²) in [6.07, 6.45) is 3.69. The Balaban J connectivity index is 1.50. The van der Waals surface area contributed by atoms with Crippen molar-refractivity contribution in [2.45, 2.75) is 45.5 Å². The van der Waals surface area contributed by atoms with Crippen LogP contribution in [0.4, 0.5) is 0 Å². The number of aliphatic imine (C=N–C) groups is 1. The van der Waals surface area contributed by atoms with Gasteiger partial charge in [0.1, 0.15) is 5.75 Å². The zero-order chi connectivity index (χ0) is 21.0. The van der Waals surface area contributed by atoms with Crippen molar-refractivity contribution in [3.05, 3.63) is 47.8 Å². The van der Waals surface area contributed by atoms with Crippen LogP contribution in [0.1, 0.15) is 37.9 Å². The predicted octanol–water partition coefficient (Wildman–Crippen LogP) is 2.43. The van der Waals surface area contributed by atoms with Gasteiger partial charge in [-0.3, -0.25) is 4.68 Å². The monoisotopic (exact) mass is 412 g/mol. The van der Waals surface area contributed by atoms with E-state index >= 15 is 0 Å². The molecule has 30 heavy (non-hydrogen) atoms. The molecule has 1 fully saturated rings. The van der Waals surface area contributed by atoms with Crippen molar-refractivity contribution in [3.63, 3.8) is 0 Å². The Morgan fingerprint density at radius 1 is 1.17 bits per heavy atom. The normalized spacial score (nSPS) is 17.8. The molecule has 8 heteroatoms. The first-order valence-corrected chi connectivity index (χ1v) is 10.7. The Labute approximate surface area is 178 Å². The van der Waals surface area contributed by atoms with Crippen LogP contribution in [0.15, 0.2) is 41.5 Å². The first kappa shape index (κ1) is 20.7. The predicted molar refractivity (Wildman–Crippen MR) is 116 cm³/mol. The standard InChI is InChI=1S/C22H32N6O2/c1-17(2)16-29-20-6-4-18(5-7-20)14-28(15-19-8-13-27(3)25-19)21-24-22(30-26-21)9-11-23-12-10-22/h4-8,13,17,23H,9-12,14-16H2,1-3H3,(H,24,26). The number of hydrogen-bond donors (Lipinski definition) is 2. The minimum atomic E-state index is -0.461. The largest absolute Gasteiger partial charge is 0.493 e. The number of nitrogens with one attached hydrogen (secondary N) is 2. The van der Waals surface area contributed by atoms with Gasteiger partial charge < -0.3 is 15.0 Å². The average molecular weight is 413 g/mol. The van der Waals surface area contributed by atoms with E-state index in [1.165, 1.54) is 5.56 Å². The number of aromatic nitrogens is 2. The van der Waals surface area contributed by atoms with Gasteiger partial charge in [0.15, 0.2) is 5.72 Å². The molecule has 0 radical (unpaired) electrons. The summed E-state index contributed by atoms with van der Waals surface area (Å²) in [4.78, 5) is 13.1. The molecular formula is C22H32N6O2. The molecular weight excluding hydrogens is 380 g/mol. The first-order valence-electron chi connectivity index (χ1n) is 10.7. The summed E-state index contributed by atoms with van der Waals surface area (Å²) in [6, 6.07) is 10.3. The lowest BCUT2D eigenvalue weighted by molar-refractivity contribution is -0.0734. The molecule has 1 aromatic carbocycles. The summed E-state index contributed by atoms with van der Waals surface area (Å²) >= 11 is 0. The molecule has 2 aliphatic heterocycles. The van der Waals surface area contributed by atoms with E-state index in [-0.39, 0.29) is 0 Å². The van der Waals surface area contributed by atoms with Gasteiger partial charge in [-0.05, 0) is 42.8 Å². The van der Waals surface area contributed by atoms with Crippen LogP contribution < -0.4 is 15.5 Å². The lowest BCUT2D eigenvalue weighted by Crippen LogP contribution is -2.42. The minimum absolute atomic E-state index is 0.461. The van der Waals surface area contributed by atoms with Gasteiger partial charge in [0.05, 0.1) is 18.8 Å². The molecule has 2 aliphatic rings. The van der Waals surface area contributed by atoms with Crippen molar-refractivity contribution in [2.24, 2.45) is 18.0 Å². The summed E-state index contributed by atoms with van der Waals surface area (Å²) < 4.78 is 7.63. The smallest absolute Gasteiger partial charge is 0.222 e. The zero-order valence-electron chi connectivity index (χ0n) is 18.1. The SMILES string of the molecule is CC(C)COc1ccc(CN(Cc2ccn(C)n2)C2=NC3(CCNCC3)ON2)cc1. The van der Waals surface area contributed by atoms with Crippen LogP contribution in [-0.2, 0) is 25.0 Å². The summed E-state index contributed by atoms with van der Waals surface area (Å²) in [7, 11) is 1.93. The van der Waals surface area contributed by atoms with Crippen LogP contribution in [0.3, 0.4) is 0 Å². The van der Waals surface area contributed by atoms with Gasteiger partial charge in [-0.15, -0.1) is 0 Å². The highest BCUT2D eigenvalue weighted by Gasteiger charge is 2.39. The fourth-order valence-corrected chi connectivity index (χ4v) is 3.67. The van der Waals surface area contributed by atoms with Crippen LogP contribution in [-0.4, -0.2) is 46.1 Å². The van der Waals surface area contributed by atoms with Gasteiger partial charge in [0, 0.05) is 32.6 Å². The number of aryl methyl sites for hydroxylation is 1. The third kappa shape index (κ3) is 5.12. The molecule has 162 valence electrons. The number of hydrogen-bond acceptors (Lipinski definition) is 7. The van der Waals surface area contributed by atoms with Crippen molar-refractivity contribution >= 4 is 5.96 Å². The molecule has 2 aromatic rings. The second-order valence-corrected chi connectivity index (χ2v) is 8.52. The van der Waals surface area contributed by atoms with Gasteiger partial charge in [-0.1, -0.05) is 26.0 Å².